The lowest BCUT2D eigenvalue weighted by atomic mass is 10.4. The SMILES string of the molecule is CCCOCCCNc1nc(N)ncc1Cl. The zero-order valence-corrected chi connectivity index (χ0v) is 10.1. The number of rotatable bonds is 7. The van der Waals surface area contributed by atoms with Crippen molar-refractivity contribution in [2.24, 2.45) is 0 Å². The maximum atomic E-state index is 5.88. The van der Waals surface area contributed by atoms with Crippen molar-refractivity contribution in [3.05, 3.63) is 11.2 Å². The van der Waals surface area contributed by atoms with Crippen LogP contribution in [-0.2, 0) is 4.74 Å². The lowest BCUT2D eigenvalue weighted by Gasteiger charge is -2.07. The van der Waals surface area contributed by atoms with Crippen molar-refractivity contribution < 1.29 is 4.74 Å². The molecule has 0 bridgehead atoms. The molecule has 1 heterocycles. The number of nitrogens with one attached hydrogen (secondary N) is 1. The van der Waals surface area contributed by atoms with E-state index in [-0.39, 0.29) is 5.95 Å². The van der Waals surface area contributed by atoms with Crippen molar-refractivity contribution in [2.45, 2.75) is 19.8 Å². The van der Waals surface area contributed by atoms with Gasteiger partial charge in [0.15, 0.2) is 0 Å². The number of nitrogens with two attached hydrogens (primary N) is 1. The molecule has 0 amide bonds. The minimum atomic E-state index is 0.217. The van der Waals surface area contributed by atoms with E-state index in [0.29, 0.717) is 10.8 Å². The molecule has 16 heavy (non-hydrogen) atoms. The van der Waals surface area contributed by atoms with Gasteiger partial charge in [0, 0.05) is 19.8 Å². The van der Waals surface area contributed by atoms with Crippen LogP contribution in [0.15, 0.2) is 6.20 Å². The lowest BCUT2D eigenvalue weighted by molar-refractivity contribution is 0.134. The Bertz CT molecular complexity index is 322. The third-order valence-corrected chi connectivity index (χ3v) is 2.15. The van der Waals surface area contributed by atoms with Crippen molar-refractivity contribution in [3.63, 3.8) is 0 Å². The molecule has 0 aromatic carbocycles. The fraction of sp³-hybridized carbons (Fsp3) is 0.600. The van der Waals surface area contributed by atoms with Crippen molar-refractivity contribution in [1.82, 2.24) is 9.97 Å². The second-order valence-electron chi connectivity index (χ2n) is 3.32. The molecule has 1 rings (SSSR count). The van der Waals surface area contributed by atoms with E-state index in [9.17, 15) is 0 Å². The van der Waals surface area contributed by atoms with Gasteiger partial charge in [0.05, 0.1) is 6.20 Å². The molecule has 1 aromatic heterocycles. The molecular weight excluding hydrogens is 228 g/mol. The Morgan fingerprint density at radius 1 is 1.50 bits per heavy atom. The van der Waals surface area contributed by atoms with Crippen molar-refractivity contribution >= 4 is 23.4 Å². The van der Waals surface area contributed by atoms with Gasteiger partial charge >= 0.3 is 0 Å². The van der Waals surface area contributed by atoms with Crippen LogP contribution in [0.1, 0.15) is 19.8 Å². The molecular formula is C10H17ClN4O. The summed E-state index contributed by atoms with van der Waals surface area (Å²) in [5, 5.41) is 3.56. The molecule has 1 aromatic rings. The number of halogens is 1. The van der Waals surface area contributed by atoms with Gasteiger partial charge in [-0.05, 0) is 12.8 Å². The zero-order valence-electron chi connectivity index (χ0n) is 9.37. The minimum Gasteiger partial charge on any atom is -0.381 e. The molecule has 0 spiro atoms. The normalized spacial score (nSPS) is 10.4. The van der Waals surface area contributed by atoms with Gasteiger partial charge in [0.2, 0.25) is 5.95 Å². The van der Waals surface area contributed by atoms with Gasteiger partial charge in [0.1, 0.15) is 10.8 Å². The quantitative estimate of drug-likeness (QED) is 0.717. The molecule has 0 aliphatic rings. The number of nitrogens with zero attached hydrogens (tertiary/aromatic N) is 2. The first-order valence-corrected chi connectivity index (χ1v) is 5.71. The molecule has 3 N–H and O–H groups in total. The third kappa shape index (κ3) is 4.63. The van der Waals surface area contributed by atoms with Gasteiger partial charge in [0.25, 0.3) is 0 Å². The fourth-order valence-corrected chi connectivity index (χ4v) is 1.29. The largest absolute Gasteiger partial charge is 0.381 e. The Morgan fingerprint density at radius 3 is 3.06 bits per heavy atom. The molecule has 6 heteroatoms. The van der Waals surface area contributed by atoms with E-state index in [4.69, 9.17) is 22.1 Å². The highest BCUT2D eigenvalue weighted by atomic mass is 35.5. The Hall–Kier alpha value is -1.07. The van der Waals surface area contributed by atoms with Gasteiger partial charge in [-0.1, -0.05) is 18.5 Å². The zero-order chi connectivity index (χ0) is 11.8. The van der Waals surface area contributed by atoms with Crippen LogP contribution in [0.2, 0.25) is 5.02 Å². The highest BCUT2D eigenvalue weighted by Crippen LogP contribution is 2.17. The summed E-state index contributed by atoms with van der Waals surface area (Å²) in [5.41, 5.74) is 5.45. The topological polar surface area (TPSA) is 73.1 Å². The lowest BCUT2D eigenvalue weighted by Crippen LogP contribution is -2.09. The maximum Gasteiger partial charge on any atom is 0.222 e. The summed E-state index contributed by atoms with van der Waals surface area (Å²) in [6.07, 6.45) is 3.43. The van der Waals surface area contributed by atoms with Crippen LogP contribution in [0, 0.1) is 0 Å². The van der Waals surface area contributed by atoms with Crippen molar-refractivity contribution in [1.29, 1.82) is 0 Å². The van der Waals surface area contributed by atoms with E-state index < -0.39 is 0 Å². The predicted octanol–water partition coefficient (Wildman–Crippen LogP) is 1.94. The Kier molecular flexibility index (Phi) is 5.88. The van der Waals surface area contributed by atoms with Crippen molar-refractivity contribution in [2.75, 3.05) is 30.8 Å². The minimum absolute atomic E-state index is 0.217. The maximum absolute atomic E-state index is 5.88. The number of ether oxygens (including phenoxy) is 1. The molecule has 0 unspecified atom stereocenters. The standard InChI is InChI=1S/C10H17ClN4O/c1-2-5-16-6-3-4-13-9-8(11)7-14-10(12)15-9/h7H,2-6H2,1H3,(H3,12,13,14,15). The summed E-state index contributed by atoms with van der Waals surface area (Å²) in [6, 6.07) is 0. The van der Waals surface area contributed by atoms with E-state index in [1.54, 1.807) is 0 Å². The number of anilines is 2. The van der Waals surface area contributed by atoms with E-state index in [2.05, 4.69) is 22.2 Å². The van der Waals surface area contributed by atoms with Gasteiger partial charge in [-0.15, -0.1) is 0 Å². The van der Waals surface area contributed by atoms with Crippen LogP contribution >= 0.6 is 11.6 Å². The molecule has 0 fully saturated rings. The Labute approximate surface area is 100 Å². The summed E-state index contributed by atoms with van der Waals surface area (Å²) < 4.78 is 5.34. The van der Waals surface area contributed by atoms with Gasteiger partial charge in [-0.25, -0.2) is 4.98 Å². The van der Waals surface area contributed by atoms with Crippen LogP contribution in [0.25, 0.3) is 0 Å². The summed E-state index contributed by atoms with van der Waals surface area (Å²) in [4.78, 5) is 7.77. The first kappa shape index (κ1) is 13.0. The van der Waals surface area contributed by atoms with Crippen LogP contribution in [0.3, 0.4) is 0 Å². The Morgan fingerprint density at radius 2 is 2.31 bits per heavy atom. The first-order valence-electron chi connectivity index (χ1n) is 5.33. The number of hydrogen-bond acceptors (Lipinski definition) is 5. The van der Waals surface area contributed by atoms with E-state index >= 15 is 0 Å². The molecule has 90 valence electrons. The molecule has 0 aliphatic heterocycles. The summed E-state index contributed by atoms with van der Waals surface area (Å²) in [5.74, 6) is 0.791. The average Bonchev–Trinajstić information content (AvgIpc) is 2.28. The summed E-state index contributed by atoms with van der Waals surface area (Å²) >= 11 is 5.88. The number of hydrogen-bond donors (Lipinski definition) is 2. The van der Waals surface area contributed by atoms with Gasteiger partial charge in [-0.2, -0.15) is 4.98 Å². The summed E-state index contributed by atoms with van der Waals surface area (Å²) in [6.45, 7) is 4.38. The first-order chi connectivity index (χ1) is 7.74. The molecule has 0 saturated heterocycles. The monoisotopic (exact) mass is 244 g/mol. The predicted molar refractivity (Wildman–Crippen MR) is 65.7 cm³/mol. The Balaban J connectivity index is 2.23. The van der Waals surface area contributed by atoms with Crippen LogP contribution in [0.4, 0.5) is 11.8 Å². The van der Waals surface area contributed by atoms with Gasteiger partial charge < -0.3 is 15.8 Å². The highest BCUT2D eigenvalue weighted by Gasteiger charge is 2.02. The molecule has 5 nitrogen and oxygen atoms in total. The molecule has 0 saturated carbocycles. The average molecular weight is 245 g/mol. The summed E-state index contributed by atoms with van der Waals surface area (Å²) in [7, 11) is 0. The number of nitrogen functional groups attached to an aromatic ring is 1. The van der Waals surface area contributed by atoms with Gasteiger partial charge in [-0.3, -0.25) is 0 Å². The smallest absolute Gasteiger partial charge is 0.222 e. The number of aromatic nitrogens is 2. The second-order valence-corrected chi connectivity index (χ2v) is 3.72. The molecule has 0 aliphatic carbocycles. The van der Waals surface area contributed by atoms with E-state index in [1.807, 2.05) is 0 Å². The third-order valence-electron chi connectivity index (χ3n) is 1.87. The van der Waals surface area contributed by atoms with Crippen LogP contribution in [-0.4, -0.2) is 29.7 Å². The fourth-order valence-electron chi connectivity index (χ4n) is 1.13. The second kappa shape index (κ2) is 7.24. The van der Waals surface area contributed by atoms with Crippen LogP contribution < -0.4 is 11.1 Å². The molecule has 0 atom stereocenters. The van der Waals surface area contributed by atoms with Crippen molar-refractivity contribution in [3.8, 4) is 0 Å². The highest BCUT2D eigenvalue weighted by molar-refractivity contribution is 6.32. The van der Waals surface area contributed by atoms with Crippen LogP contribution in [0.5, 0.6) is 0 Å². The van der Waals surface area contributed by atoms with E-state index in [0.717, 1.165) is 32.6 Å². The van der Waals surface area contributed by atoms with E-state index in [1.165, 1.54) is 6.20 Å². The molecule has 0 radical (unpaired) electrons.